The molecular weight excluding hydrogens is 365 g/mol. The molecule has 7 nitrogen and oxygen atoms in total. The molecule has 0 aliphatic carbocycles. The Hall–Kier alpha value is -3.42. The van der Waals surface area contributed by atoms with E-state index in [1.54, 1.807) is 25.3 Å². The number of ether oxygens (including phenoxy) is 2. The van der Waals surface area contributed by atoms with Crippen molar-refractivity contribution < 1.29 is 23.2 Å². The highest BCUT2D eigenvalue weighted by molar-refractivity contribution is 5.90. The van der Waals surface area contributed by atoms with Gasteiger partial charge in [-0.15, -0.1) is 0 Å². The van der Waals surface area contributed by atoms with Gasteiger partial charge in [0.2, 0.25) is 17.6 Å². The van der Waals surface area contributed by atoms with Crippen LogP contribution in [0, 0.1) is 5.82 Å². The Morgan fingerprint density at radius 1 is 1.18 bits per heavy atom. The van der Waals surface area contributed by atoms with Gasteiger partial charge in [0.05, 0.1) is 13.7 Å². The minimum Gasteiger partial charge on any atom is -0.493 e. The van der Waals surface area contributed by atoms with E-state index in [0.29, 0.717) is 35.5 Å². The number of carbonyl (C=O) groups is 1. The zero-order valence-electron chi connectivity index (χ0n) is 15.6. The molecule has 3 rings (SSSR count). The van der Waals surface area contributed by atoms with E-state index in [1.807, 2.05) is 6.92 Å². The van der Waals surface area contributed by atoms with Crippen LogP contribution in [0.25, 0.3) is 11.4 Å². The summed E-state index contributed by atoms with van der Waals surface area (Å²) in [5.41, 5.74) is 1.24. The van der Waals surface area contributed by atoms with Crippen LogP contribution >= 0.6 is 0 Å². The molecule has 1 aromatic heterocycles. The maximum absolute atomic E-state index is 12.9. The molecule has 1 heterocycles. The topological polar surface area (TPSA) is 86.5 Å². The maximum Gasteiger partial charge on any atom is 0.227 e. The monoisotopic (exact) mass is 385 g/mol. The third-order valence-electron chi connectivity index (χ3n) is 3.88. The molecule has 0 fully saturated rings. The molecule has 1 N–H and O–H groups in total. The predicted molar refractivity (Wildman–Crippen MR) is 101 cm³/mol. The Kier molecular flexibility index (Phi) is 6.21. The van der Waals surface area contributed by atoms with Crippen LogP contribution in [0.2, 0.25) is 0 Å². The summed E-state index contributed by atoms with van der Waals surface area (Å²) < 4.78 is 28.9. The average molecular weight is 385 g/mol. The first-order valence-electron chi connectivity index (χ1n) is 8.78. The second-order valence-electron chi connectivity index (χ2n) is 5.87. The van der Waals surface area contributed by atoms with Crippen molar-refractivity contribution in [3.63, 3.8) is 0 Å². The molecule has 0 atom stereocenters. The van der Waals surface area contributed by atoms with Gasteiger partial charge in [0.25, 0.3) is 0 Å². The molecule has 146 valence electrons. The Bertz CT molecular complexity index is 941. The lowest BCUT2D eigenvalue weighted by Gasteiger charge is -2.09. The van der Waals surface area contributed by atoms with Gasteiger partial charge >= 0.3 is 0 Å². The highest BCUT2D eigenvalue weighted by Gasteiger charge is 2.13. The van der Waals surface area contributed by atoms with Crippen molar-refractivity contribution in [2.45, 2.75) is 19.8 Å². The van der Waals surface area contributed by atoms with Gasteiger partial charge in [-0.05, 0) is 49.4 Å². The molecule has 1 amide bonds. The summed E-state index contributed by atoms with van der Waals surface area (Å²) in [4.78, 5) is 16.3. The van der Waals surface area contributed by atoms with Gasteiger partial charge < -0.3 is 19.3 Å². The van der Waals surface area contributed by atoms with E-state index in [-0.39, 0.29) is 24.6 Å². The molecular formula is C20H20FN3O4. The first kappa shape index (κ1) is 19.3. The summed E-state index contributed by atoms with van der Waals surface area (Å²) >= 11 is 0. The van der Waals surface area contributed by atoms with E-state index >= 15 is 0 Å². The normalized spacial score (nSPS) is 10.5. The number of hydrogen-bond acceptors (Lipinski definition) is 6. The number of benzene rings is 2. The van der Waals surface area contributed by atoms with Crippen molar-refractivity contribution in [1.82, 2.24) is 10.1 Å². The first-order valence-corrected chi connectivity index (χ1v) is 8.78. The van der Waals surface area contributed by atoms with E-state index in [0.717, 1.165) is 5.56 Å². The molecule has 0 spiro atoms. The Morgan fingerprint density at radius 2 is 1.96 bits per heavy atom. The number of rotatable bonds is 8. The Morgan fingerprint density at radius 3 is 2.68 bits per heavy atom. The fourth-order valence-corrected chi connectivity index (χ4v) is 2.53. The van der Waals surface area contributed by atoms with Crippen molar-refractivity contribution in [3.8, 4) is 22.9 Å². The maximum atomic E-state index is 12.9. The molecule has 0 radical (unpaired) electrons. The lowest BCUT2D eigenvalue weighted by molar-refractivity contribution is -0.116. The number of aryl methyl sites for hydroxylation is 1. The first-order chi connectivity index (χ1) is 13.6. The summed E-state index contributed by atoms with van der Waals surface area (Å²) in [5, 5.41) is 6.65. The van der Waals surface area contributed by atoms with Crippen LogP contribution in [0.5, 0.6) is 11.5 Å². The van der Waals surface area contributed by atoms with Crippen LogP contribution in [-0.4, -0.2) is 29.8 Å². The molecule has 0 unspecified atom stereocenters. The predicted octanol–water partition coefficient (Wildman–Crippen LogP) is 3.85. The standard InChI is InChI=1S/C20H20FN3O4/c1-3-27-17-12-13(4-9-16(17)26-2)20-23-19(28-24-20)11-10-18(25)22-15-7-5-14(21)6-8-15/h4-9,12H,3,10-11H2,1-2H3,(H,22,25). The van der Waals surface area contributed by atoms with Crippen LogP contribution in [0.15, 0.2) is 47.0 Å². The van der Waals surface area contributed by atoms with Gasteiger partial charge in [0, 0.05) is 24.1 Å². The van der Waals surface area contributed by atoms with E-state index in [1.165, 1.54) is 24.3 Å². The fourth-order valence-electron chi connectivity index (χ4n) is 2.53. The molecule has 28 heavy (non-hydrogen) atoms. The molecule has 3 aromatic rings. The van der Waals surface area contributed by atoms with Gasteiger partial charge in [-0.25, -0.2) is 4.39 Å². The third-order valence-corrected chi connectivity index (χ3v) is 3.88. The summed E-state index contributed by atoms with van der Waals surface area (Å²) in [7, 11) is 1.57. The molecule has 2 aromatic carbocycles. The number of hydrogen-bond donors (Lipinski definition) is 1. The lowest BCUT2D eigenvalue weighted by atomic mass is 10.2. The molecule has 0 saturated carbocycles. The van der Waals surface area contributed by atoms with Crippen molar-refractivity contribution in [3.05, 3.63) is 54.2 Å². The van der Waals surface area contributed by atoms with E-state index in [9.17, 15) is 9.18 Å². The summed E-state index contributed by atoms with van der Waals surface area (Å²) in [6.45, 7) is 2.38. The second kappa shape index (κ2) is 8.98. The second-order valence-corrected chi connectivity index (χ2v) is 5.87. The minimum atomic E-state index is -0.359. The Labute approximate surface area is 161 Å². The SMILES string of the molecule is CCOc1cc(-c2noc(CCC(=O)Nc3ccc(F)cc3)n2)ccc1OC. The lowest BCUT2D eigenvalue weighted by Crippen LogP contribution is -2.12. The number of methoxy groups -OCH3 is 1. The zero-order chi connectivity index (χ0) is 19.9. The molecule has 0 aliphatic heterocycles. The highest BCUT2D eigenvalue weighted by atomic mass is 19.1. The van der Waals surface area contributed by atoms with Gasteiger partial charge in [-0.2, -0.15) is 4.98 Å². The summed E-state index contributed by atoms with van der Waals surface area (Å²) in [5.74, 6) is 1.37. The number of nitrogens with one attached hydrogen (secondary N) is 1. The quantitative estimate of drug-likeness (QED) is 0.634. The zero-order valence-corrected chi connectivity index (χ0v) is 15.6. The van der Waals surface area contributed by atoms with Crippen LogP contribution < -0.4 is 14.8 Å². The van der Waals surface area contributed by atoms with Gasteiger partial charge in [-0.1, -0.05) is 5.16 Å². The third kappa shape index (κ3) is 4.85. The summed E-state index contributed by atoms with van der Waals surface area (Å²) in [6, 6.07) is 10.9. The van der Waals surface area contributed by atoms with Gasteiger partial charge in [0.1, 0.15) is 5.82 Å². The average Bonchev–Trinajstić information content (AvgIpc) is 3.17. The van der Waals surface area contributed by atoms with Crippen molar-refractivity contribution >= 4 is 11.6 Å². The largest absolute Gasteiger partial charge is 0.493 e. The van der Waals surface area contributed by atoms with Gasteiger partial charge in [0.15, 0.2) is 11.5 Å². The van der Waals surface area contributed by atoms with E-state index in [2.05, 4.69) is 15.5 Å². The fraction of sp³-hybridized carbons (Fsp3) is 0.250. The van der Waals surface area contributed by atoms with Crippen molar-refractivity contribution in [2.75, 3.05) is 19.0 Å². The Balaban J connectivity index is 1.61. The van der Waals surface area contributed by atoms with Crippen molar-refractivity contribution in [2.24, 2.45) is 0 Å². The number of amides is 1. The van der Waals surface area contributed by atoms with E-state index in [4.69, 9.17) is 14.0 Å². The van der Waals surface area contributed by atoms with Gasteiger partial charge in [-0.3, -0.25) is 4.79 Å². The molecule has 0 saturated heterocycles. The van der Waals surface area contributed by atoms with Crippen LogP contribution in [0.1, 0.15) is 19.2 Å². The summed E-state index contributed by atoms with van der Waals surface area (Å²) in [6.07, 6.45) is 0.445. The number of anilines is 1. The number of aromatic nitrogens is 2. The van der Waals surface area contributed by atoms with Crippen molar-refractivity contribution in [1.29, 1.82) is 0 Å². The minimum absolute atomic E-state index is 0.159. The molecule has 8 heteroatoms. The number of halogens is 1. The smallest absolute Gasteiger partial charge is 0.227 e. The number of nitrogens with zero attached hydrogens (tertiary/aromatic N) is 2. The van der Waals surface area contributed by atoms with E-state index < -0.39 is 0 Å². The molecule has 0 bridgehead atoms. The number of carbonyl (C=O) groups excluding carboxylic acids is 1. The highest BCUT2D eigenvalue weighted by Crippen LogP contribution is 2.31. The molecule has 0 aliphatic rings. The van der Waals surface area contributed by atoms with Crippen LogP contribution in [0.3, 0.4) is 0 Å². The van der Waals surface area contributed by atoms with Crippen LogP contribution in [0.4, 0.5) is 10.1 Å². The van der Waals surface area contributed by atoms with Crippen LogP contribution in [-0.2, 0) is 11.2 Å².